The van der Waals surface area contributed by atoms with E-state index < -0.39 is 0 Å². The molecule has 0 radical (unpaired) electrons. The molecule has 116 valence electrons. The number of amides is 1. The molecule has 1 aliphatic rings. The molecule has 22 heavy (non-hydrogen) atoms. The van der Waals surface area contributed by atoms with Gasteiger partial charge >= 0.3 is 0 Å². The average Bonchev–Trinajstić information content (AvgIpc) is 3.05. The molecule has 1 amide bonds. The van der Waals surface area contributed by atoms with Gasteiger partial charge in [-0.15, -0.1) is 5.10 Å². The van der Waals surface area contributed by atoms with E-state index in [0.717, 1.165) is 19.5 Å². The smallest absolute Gasteiger partial charge is 0.241 e. The van der Waals surface area contributed by atoms with Gasteiger partial charge in [0.25, 0.3) is 0 Å². The molecule has 0 bridgehead atoms. The maximum Gasteiger partial charge on any atom is 0.241 e. The summed E-state index contributed by atoms with van der Waals surface area (Å²) >= 11 is 0. The lowest BCUT2D eigenvalue weighted by molar-refractivity contribution is -0.122. The number of nitrogens with one attached hydrogen (secondary N) is 1. The number of carbonyl (C=O) groups is 1. The predicted molar refractivity (Wildman–Crippen MR) is 80.8 cm³/mol. The van der Waals surface area contributed by atoms with Crippen molar-refractivity contribution in [2.24, 2.45) is 0 Å². The molecular formula is C15H20N6O. The van der Waals surface area contributed by atoms with Gasteiger partial charge in [-0.25, -0.2) is 4.68 Å². The first kappa shape index (κ1) is 14.6. The number of fused-ring (bicyclic) bond motifs is 1. The molecule has 0 spiro atoms. The van der Waals surface area contributed by atoms with E-state index in [1.807, 2.05) is 0 Å². The fraction of sp³-hybridized carbons (Fsp3) is 0.467. The Labute approximate surface area is 129 Å². The van der Waals surface area contributed by atoms with Gasteiger partial charge in [0.05, 0.1) is 0 Å². The second kappa shape index (κ2) is 6.65. The number of hydrogen-bond donors (Lipinski definition) is 1. The highest BCUT2D eigenvalue weighted by atomic mass is 16.2. The third-order valence-corrected chi connectivity index (χ3v) is 4.08. The van der Waals surface area contributed by atoms with Crippen LogP contribution in [0.15, 0.2) is 30.6 Å². The van der Waals surface area contributed by atoms with Gasteiger partial charge in [-0.05, 0) is 34.9 Å². The van der Waals surface area contributed by atoms with Crippen molar-refractivity contribution in [2.75, 3.05) is 13.1 Å². The lowest BCUT2D eigenvalue weighted by Gasteiger charge is -2.33. The molecule has 1 aromatic carbocycles. The van der Waals surface area contributed by atoms with Gasteiger partial charge < -0.3 is 5.32 Å². The van der Waals surface area contributed by atoms with Crippen molar-refractivity contribution in [3.8, 4) is 0 Å². The van der Waals surface area contributed by atoms with E-state index in [4.69, 9.17) is 0 Å². The number of hydrogen-bond acceptors (Lipinski definition) is 5. The highest BCUT2D eigenvalue weighted by Crippen LogP contribution is 2.19. The monoisotopic (exact) mass is 300 g/mol. The number of benzene rings is 1. The molecule has 2 aromatic rings. The van der Waals surface area contributed by atoms with Gasteiger partial charge in [0.2, 0.25) is 5.91 Å². The van der Waals surface area contributed by atoms with Crippen LogP contribution in [0.25, 0.3) is 0 Å². The van der Waals surface area contributed by atoms with Gasteiger partial charge in [0.15, 0.2) is 0 Å². The van der Waals surface area contributed by atoms with E-state index in [0.29, 0.717) is 12.6 Å². The summed E-state index contributed by atoms with van der Waals surface area (Å²) in [5, 5.41) is 13.6. The van der Waals surface area contributed by atoms with Crippen LogP contribution in [0.3, 0.4) is 0 Å². The quantitative estimate of drug-likeness (QED) is 0.856. The van der Waals surface area contributed by atoms with E-state index in [-0.39, 0.29) is 12.5 Å². The lowest BCUT2D eigenvalue weighted by Crippen LogP contribution is -2.44. The minimum absolute atomic E-state index is 0.0726. The first-order valence-corrected chi connectivity index (χ1v) is 7.50. The van der Waals surface area contributed by atoms with Crippen molar-refractivity contribution in [2.45, 2.75) is 32.5 Å². The summed E-state index contributed by atoms with van der Waals surface area (Å²) in [6.07, 6.45) is 2.50. The van der Waals surface area contributed by atoms with Crippen molar-refractivity contribution >= 4 is 5.91 Å². The van der Waals surface area contributed by atoms with Crippen LogP contribution in [0.4, 0.5) is 0 Å². The standard InChI is InChI=1S/C15H20N6O/c1-12(8-16-15(22)10-21-11-17-18-19-21)20-7-6-13-4-2-3-5-14(13)9-20/h2-5,11-12H,6-10H2,1H3,(H,16,22)/t12-/m1/s1. The first-order chi connectivity index (χ1) is 10.7. The Balaban J connectivity index is 1.48. The second-order valence-corrected chi connectivity index (χ2v) is 5.65. The molecule has 7 nitrogen and oxygen atoms in total. The van der Waals surface area contributed by atoms with Gasteiger partial charge in [-0.2, -0.15) is 0 Å². The molecule has 1 aromatic heterocycles. The molecule has 0 aliphatic carbocycles. The van der Waals surface area contributed by atoms with Crippen LogP contribution < -0.4 is 5.32 Å². The maximum atomic E-state index is 11.9. The van der Waals surface area contributed by atoms with Crippen LogP contribution in [-0.2, 0) is 24.3 Å². The molecule has 7 heteroatoms. The summed E-state index contributed by atoms with van der Waals surface area (Å²) in [5.74, 6) is -0.0726. The number of rotatable bonds is 5. The number of tetrazole rings is 1. The minimum atomic E-state index is -0.0726. The third-order valence-electron chi connectivity index (χ3n) is 4.08. The topological polar surface area (TPSA) is 75.9 Å². The highest BCUT2D eigenvalue weighted by molar-refractivity contribution is 5.75. The zero-order chi connectivity index (χ0) is 15.4. The molecule has 0 saturated carbocycles. The van der Waals surface area contributed by atoms with Gasteiger partial charge in [-0.1, -0.05) is 24.3 Å². The number of carbonyl (C=O) groups excluding carboxylic acids is 1. The Morgan fingerprint density at radius 3 is 2.95 bits per heavy atom. The fourth-order valence-electron chi connectivity index (χ4n) is 2.74. The van der Waals surface area contributed by atoms with Crippen LogP contribution in [0.2, 0.25) is 0 Å². The number of aromatic nitrogens is 4. The SMILES string of the molecule is C[C@H](CNC(=O)Cn1cnnn1)N1CCc2ccccc2C1. The Bertz CT molecular complexity index is 627. The third kappa shape index (κ3) is 3.48. The van der Waals surface area contributed by atoms with Crippen LogP contribution in [0.5, 0.6) is 0 Å². The van der Waals surface area contributed by atoms with Crippen LogP contribution in [0.1, 0.15) is 18.1 Å². The minimum Gasteiger partial charge on any atom is -0.353 e. The summed E-state index contributed by atoms with van der Waals surface area (Å²) in [4.78, 5) is 14.3. The van der Waals surface area contributed by atoms with Gasteiger partial charge in [0, 0.05) is 25.7 Å². The van der Waals surface area contributed by atoms with Crippen molar-refractivity contribution in [1.82, 2.24) is 30.4 Å². The second-order valence-electron chi connectivity index (χ2n) is 5.65. The summed E-state index contributed by atoms with van der Waals surface area (Å²) in [6, 6.07) is 8.86. The first-order valence-electron chi connectivity index (χ1n) is 7.50. The molecular weight excluding hydrogens is 280 g/mol. The van der Waals surface area contributed by atoms with E-state index in [1.54, 1.807) is 0 Å². The summed E-state index contributed by atoms with van der Waals surface area (Å²) in [5.41, 5.74) is 2.83. The van der Waals surface area contributed by atoms with E-state index in [1.165, 1.54) is 22.1 Å². The van der Waals surface area contributed by atoms with Crippen molar-refractivity contribution < 1.29 is 4.79 Å². The zero-order valence-electron chi connectivity index (χ0n) is 12.6. The Morgan fingerprint density at radius 1 is 1.36 bits per heavy atom. The molecule has 0 saturated heterocycles. The van der Waals surface area contributed by atoms with Gasteiger partial charge in [0.1, 0.15) is 12.9 Å². The molecule has 1 atom stereocenters. The summed E-state index contributed by atoms with van der Waals surface area (Å²) in [6.45, 7) is 4.90. The molecule has 3 rings (SSSR count). The van der Waals surface area contributed by atoms with Gasteiger partial charge in [-0.3, -0.25) is 9.69 Å². The molecule has 1 aliphatic heterocycles. The average molecular weight is 300 g/mol. The fourth-order valence-corrected chi connectivity index (χ4v) is 2.74. The van der Waals surface area contributed by atoms with Crippen molar-refractivity contribution in [1.29, 1.82) is 0 Å². The summed E-state index contributed by atoms with van der Waals surface area (Å²) in [7, 11) is 0. The zero-order valence-corrected chi connectivity index (χ0v) is 12.6. The Morgan fingerprint density at radius 2 is 2.18 bits per heavy atom. The molecule has 2 heterocycles. The molecule has 0 unspecified atom stereocenters. The Hall–Kier alpha value is -2.28. The predicted octanol–water partition coefficient (Wildman–Crippen LogP) is 0.236. The largest absolute Gasteiger partial charge is 0.353 e. The lowest BCUT2D eigenvalue weighted by atomic mass is 9.99. The number of nitrogens with zero attached hydrogens (tertiary/aromatic N) is 5. The van der Waals surface area contributed by atoms with Crippen molar-refractivity contribution in [3.63, 3.8) is 0 Å². The van der Waals surface area contributed by atoms with E-state index in [9.17, 15) is 4.79 Å². The highest BCUT2D eigenvalue weighted by Gasteiger charge is 2.20. The van der Waals surface area contributed by atoms with E-state index in [2.05, 4.69) is 56.9 Å². The van der Waals surface area contributed by atoms with Crippen LogP contribution in [0, 0.1) is 0 Å². The molecule has 1 N–H and O–H groups in total. The Kier molecular flexibility index (Phi) is 4.43. The van der Waals surface area contributed by atoms with Crippen molar-refractivity contribution in [3.05, 3.63) is 41.7 Å². The van der Waals surface area contributed by atoms with Crippen LogP contribution in [-0.4, -0.2) is 50.1 Å². The summed E-state index contributed by atoms with van der Waals surface area (Å²) < 4.78 is 1.41. The molecule has 0 fully saturated rings. The van der Waals surface area contributed by atoms with Crippen LogP contribution >= 0.6 is 0 Å². The van der Waals surface area contributed by atoms with E-state index >= 15 is 0 Å². The normalized spacial score (nSPS) is 16.0. The maximum absolute atomic E-state index is 11.9.